The van der Waals surface area contributed by atoms with Gasteiger partial charge in [-0.1, -0.05) is 30.3 Å². The van der Waals surface area contributed by atoms with Gasteiger partial charge in [0.05, 0.1) is 0 Å². The van der Waals surface area contributed by atoms with Crippen LogP contribution in [0.25, 0.3) is 0 Å². The van der Waals surface area contributed by atoms with E-state index in [1.165, 1.54) is 5.56 Å². The first-order valence-corrected chi connectivity index (χ1v) is 9.07. The molecule has 1 amide bonds. The van der Waals surface area contributed by atoms with Crippen LogP contribution in [0.3, 0.4) is 0 Å². The number of amides is 1. The number of hydrogen-bond donors (Lipinski definition) is 0. The minimum absolute atomic E-state index is 0.149. The number of halogens is 1. The van der Waals surface area contributed by atoms with E-state index in [-0.39, 0.29) is 11.9 Å². The van der Waals surface area contributed by atoms with E-state index in [1.807, 2.05) is 17.2 Å². The number of piperidine rings is 1. The standard InChI is InChI=1S/C19H23BrN2O/c1-14(2)22-13-17(20)12-18(22)19(23)21-10-8-16(9-11-21)15-6-4-3-5-7-15/h3-7,12-14,16H,8-11H2,1-2H3. The van der Waals surface area contributed by atoms with E-state index in [0.29, 0.717) is 5.92 Å². The largest absolute Gasteiger partial charge is 0.340 e. The van der Waals surface area contributed by atoms with Gasteiger partial charge >= 0.3 is 0 Å². The molecule has 1 aromatic carbocycles. The second kappa shape index (κ2) is 6.91. The summed E-state index contributed by atoms with van der Waals surface area (Å²) in [5, 5.41) is 0. The third-order valence-electron chi connectivity index (χ3n) is 4.64. The van der Waals surface area contributed by atoms with Crippen LogP contribution in [0.1, 0.15) is 54.7 Å². The molecule has 2 aromatic rings. The van der Waals surface area contributed by atoms with Crippen molar-refractivity contribution in [3.63, 3.8) is 0 Å². The van der Waals surface area contributed by atoms with Gasteiger partial charge in [0.15, 0.2) is 0 Å². The average molecular weight is 375 g/mol. The fourth-order valence-electron chi connectivity index (χ4n) is 3.35. The predicted molar refractivity (Wildman–Crippen MR) is 96.8 cm³/mol. The van der Waals surface area contributed by atoms with E-state index in [2.05, 4.69) is 64.7 Å². The van der Waals surface area contributed by atoms with Gasteiger partial charge < -0.3 is 9.47 Å². The second-order valence-corrected chi connectivity index (χ2v) is 7.44. The van der Waals surface area contributed by atoms with Gasteiger partial charge in [-0.05, 0) is 60.2 Å². The molecule has 1 fully saturated rings. The van der Waals surface area contributed by atoms with Crippen LogP contribution in [0.5, 0.6) is 0 Å². The molecule has 0 bridgehead atoms. The van der Waals surface area contributed by atoms with Crippen LogP contribution in [0, 0.1) is 0 Å². The number of nitrogens with zero attached hydrogens (tertiary/aromatic N) is 2. The van der Waals surface area contributed by atoms with Crippen molar-refractivity contribution < 1.29 is 4.79 Å². The molecule has 1 aliphatic heterocycles. The summed E-state index contributed by atoms with van der Waals surface area (Å²) in [5.74, 6) is 0.722. The lowest BCUT2D eigenvalue weighted by molar-refractivity contribution is 0.0700. The van der Waals surface area contributed by atoms with E-state index in [1.54, 1.807) is 0 Å². The minimum Gasteiger partial charge on any atom is -0.340 e. The van der Waals surface area contributed by atoms with Gasteiger partial charge in [0, 0.05) is 29.8 Å². The third kappa shape index (κ3) is 3.52. The maximum atomic E-state index is 12.9. The molecule has 1 saturated heterocycles. The number of aromatic nitrogens is 1. The number of likely N-dealkylation sites (tertiary alicyclic amines) is 1. The summed E-state index contributed by atoms with van der Waals surface area (Å²) in [6.45, 7) is 5.87. The number of hydrogen-bond acceptors (Lipinski definition) is 1. The summed E-state index contributed by atoms with van der Waals surface area (Å²) in [5.41, 5.74) is 2.18. The third-order valence-corrected chi connectivity index (χ3v) is 5.08. The van der Waals surface area contributed by atoms with Crippen molar-refractivity contribution in [2.45, 2.75) is 38.6 Å². The van der Waals surface area contributed by atoms with Crippen molar-refractivity contribution in [1.82, 2.24) is 9.47 Å². The lowest BCUT2D eigenvalue weighted by Crippen LogP contribution is -2.38. The SMILES string of the molecule is CC(C)n1cc(Br)cc1C(=O)N1CCC(c2ccccc2)CC1. The fraction of sp³-hybridized carbons (Fsp3) is 0.421. The number of rotatable bonds is 3. The van der Waals surface area contributed by atoms with Crippen molar-refractivity contribution in [3.8, 4) is 0 Å². The van der Waals surface area contributed by atoms with Gasteiger partial charge in [-0.25, -0.2) is 0 Å². The second-order valence-electron chi connectivity index (χ2n) is 6.52. The van der Waals surface area contributed by atoms with E-state index >= 15 is 0 Å². The topological polar surface area (TPSA) is 25.2 Å². The molecule has 122 valence electrons. The number of benzene rings is 1. The zero-order valence-electron chi connectivity index (χ0n) is 13.7. The van der Waals surface area contributed by atoms with Gasteiger partial charge in [0.25, 0.3) is 5.91 Å². The number of carbonyl (C=O) groups is 1. The Morgan fingerprint density at radius 1 is 1.17 bits per heavy atom. The lowest BCUT2D eigenvalue weighted by atomic mass is 9.89. The molecule has 2 heterocycles. The molecule has 0 spiro atoms. The molecule has 0 unspecified atom stereocenters. The van der Waals surface area contributed by atoms with Crippen LogP contribution in [0.4, 0.5) is 0 Å². The first-order valence-electron chi connectivity index (χ1n) is 8.28. The highest BCUT2D eigenvalue weighted by Gasteiger charge is 2.26. The maximum absolute atomic E-state index is 12.9. The highest BCUT2D eigenvalue weighted by atomic mass is 79.9. The number of carbonyl (C=O) groups excluding carboxylic acids is 1. The molecular formula is C19H23BrN2O. The van der Waals surface area contributed by atoms with Crippen LogP contribution in [-0.2, 0) is 0 Å². The molecular weight excluding hydrogens is 352 g/mol. The van der Waals surface area contributed by atoms with Gasteiger partial charge in [0.1, 0.15) is 5.69 Å². The Morgan fingerprint density at radius 2 is 1.83 bits per heavy atom. The van der Waals surface area contributed by atoms with Crippen LogP contribution in [0.2, 0.25) is 0 Å². The lowest BCUT2D eigenvalue weighted by Gasteiger charge is -2.32. The molecule has 1 aromatic heterocycles. The molecule has 0 N–H and O–H groups in total. The molecule has 0 aliphatic carbocycles. The molecule has 3 rings (SSSR count). The Bertz CT molecular complexity index is 670. The molecule has 0 atom stereocenters. The van der Waals surface area contributed by atoms with Crippen molar-refractivity contribution in [3.05, 3.63) is 58.3 Å². The summed E-state index contributed by atoms with van der Waals surface area (Å²) >= 11 is 3.49. The molecule has 3 nitrogen and oxygen atoms in total. The summed E-state index contributed by atoms with van der Waals surface area (Å²) in [7, 11) is 0. The normalized spacial score (nSPS) is 16.1. The smallest absolute Gasteiger partial charge is 0.270 e. The zero-order valence-corrected chi connectivity index (χ0v) is 15.3. The molecule has 0 radical (unpaired) electrons. The van der Waals surface area contributed by atoms with Crippen molar-refractivity contribution >= 4 is 21.8 Å². The first kappa shape index (κ1) is 16.3. The molecule has 23 heavy (non-hydrogen) atoms. The molecule has 4 heteroatoms. The van der Waals surface area contributed by atoms with Crippen LogP contribution in [0.15, 0.2) is 47.1 Å². The fourth-order valence-corrected chi connectivity index (χ4v) is 3.78. The molecule has 0 saturated carbocycles. The molecule has 1 aliphatic rings. The quantitative estimate of drug-likeness (QED) is 0.753. The Balaban J connectivity index is 1.69. The predicted octanol–water partition coefficient (Wildman–Crippen LogP) is 4.85. The van der Waals surface area contributed by atoms with Crippen molar-refractivity contribution in [2.24, 2.45) is 0 Å². The minimum atomic E-state index is 0.149. The Kier molecular flexibility index (Phi) is 4.90. The Hall–Kier alpha value is -1.55. The van der Waals surface area contributed by atoms with E-state index < -0.39 is 0 Å². The highest BCUT2D eigenvalue weighted by Crippen LogP contribution is 2.29. The van der Waals surface area contributed by atoms with E-state index in [0.717, 1.165) is 36.1 Å². The van der Waals surface area contributed by atoms with Gasteiger partial charge in [0.2, 0.25) is 0 Å². The zero-order chi connectivity index (χ0) is 16.4. The van der Waals surface area contributed by atoms with Crippen molar-refractivity contribution in [2.75, 3.05) is 13.1 Å². The van der Waals surface area contributed by atoms with Gasteiger partial charge in [-0.15, -0.1) is 0 Å². The van der Waals surface area contributed by atoms with E-state index in [4.69, 9.17) is 0 Å². The summed E-state index contributed by atoms with van der Waals surface area (Å²) in [4.78, 5) is 14.9. The monoisotopic (exact) mass is 374 g/mol. The highest BCUT2D eigenvalue weighted by molar-refractivity contribution is 9.10. The summed E-state index contributed by atoms with van der Waals surface area (Å²) in [6, 6.07) is 12.9. The van der Waals surface area contributed by atoms with E-state index in [9.17, 15) is 4.79 Å². The Morgan fingerprint density at radius 3 is 2.43 bits per heavy atom. The Labute approximate surface area is 146 Å². The average Bonchev–Trinajstić information content (AvgIpc) is 2.97. The van der Waals surface area contributed by atoms with Gasteiger partial charge in [-0.3, -0.25) is 4.79 Å². The van der Waals surface area contributed by atoms with Gasteiger partial charge in [-0.2, -0.15) is 0 Å². The van der Waals surface area contributed by atoms with Crippen molar-refractivity contribution in [1.29, 1.82) is 0 Å². The summed E-state index contributed by atoms with van der Waals surface area (Å²) < 4.78 is 3.02. The first-order chi connectivity index (χ1) is 11.1. The maximum Gasteiger partial charge on any atom is 0.270 e. The van der Waals surface area contributed by atoms with Crippen LogP contribution in [-0.4, -0.2) is 28.5 Å². The summed E-state index contributed by atoms with van der Waals surface area (Å²) in [6.07, 6.45) is 4.08. The van der Waals surface area contributed by atoms with Crippen LogP contribution < -0.4 is 0 Å². The van der Waals surface area contributed by atoms with Crippen LogP contribution >= 0.6 is 15.9 Å².